The number of carbonyl (C=O) groups excluding carboxylic acids is 2. The van der Waals surface area contributed by atoms with Crippen LogP contribution in [0.4, 0.5) is 5.69 Å². The molecular weight excluding hydrogens is 286 g/mol. The largest absolute Gasteiger partial charge is 0.495 e. The molecule has 6 nitrogen and oxygen atoms in total. The number of amides is 1. The van der Waals surface area contributed by atoms with Gasteiger partial charge in [-0.1, -0.05) is 6.07 Å². The van der Waals surface area contributed by atoms with E-state index in [-0.39, 0.29) is 0 Å². The van der Waals surface area contributed by atoms with Gasteiger partial charge in [0.25, 0.3) is 5.91 Å². The van der Waals surface area contributed by atoms with Gasteiger partial charge in [0.2, 0.25) is 0 Å². The Morgan fingerprint density at radius 1 is 1.41 bits per heavy atom. The van der Waals surface area contributed by atoms with Gasteiger partial charge in [0.05, 0.1) is 12.8 Å². The molecule has 0 saturated carbocycles. The van der Waals surface area contributed by atoms with Crippen molar-refractivity contribution in [2.45, 2.75) is 38.9 Å². The molecule has 0 unspecified atom stereocenters. The van der Waals surface area contributed by atoms with Crippen LogP contribution in [0.5, 0.6) is 5.75 Å². The Bertz CT molecular complexity index is 551. The zero-order chi connectivity index (χ0) is 16.1. The molecule has 2 rings (SSSR count). The first kappa shape index (κ1) is 16.3. The third-order valence-corrected chi connectivity index (χ3v) is 3.47. The third kappa shape index (κ3) is 3.98. The van der Waals surface area contributed by atoms with Crippen LogP contribution in [0.2, 0.25) is 0 Å². The number of nitrogens with one attached hydrogen (secondary N) is 1. The number of methoxy groups -OCH3 is 1. The fraction of sp³-hybridized carbons (Fsp3) is 0.500. The smallest absolute Gasteiger partial charge is 0.336 e. The second-order valence-corrected chi connectivity index (χ2v) is 5.27. The van der Waals surface area contributed by atoms with Crippen LogP contribution in [0.3, 0.4) is 0 Å². The lowest BCUT2D eigenvalue weighted by Gasteiger charge is -2.17. The Kier molecular flexibility index (Phi) is 5.38. The molecule has 0 aliphatic carbocycles. The first-order valence-corrected chi connectivity index (χ1v) is 7.29. The second kappa shape index (κ2) is 7.26. The number of aryl methyl sites for hydroxylation is 1. The van der Waals surface area contributed by atoms with Gasteiger partial charge in [0.15, 0.2) is 12.2 Å². The van der Waals surface area contributed by atoms with Crippen molar-refractivity contribution >= 4 is 17.6 Å². The maximum absolute atomic E-state index is 12.2. The van der Waals surface area contributed by atoms with E-state index in [1.165, 1.54) is 14.0 Å². The van der Waals surface area contributed by atoms with Gasteiger partial charge < -0.3 is 19.5 Å². The highest BCUT2D eigenvalue weighted by Gasteiger charge is 2.28. The maximum Gasteiger partial charge on any atom is 0.336 e. The maximum atomic E-state index is 12.2. The normalized spacial score (nSPS) is 18.6. The predicted octanol–water partition coefficient (Wildman–Crippen LogP) is 2.05. The molecule has 1 saturated heterocycles. The zero-order valence-electron chi connectivity index (χ0n) is 13.0. The summed E-state index contributed by atoms with van der Waals surface area (Å²) in [6.45, 7) is 4.00. The van der Waals surface area contributed by atoms with Crippen LogP contribution in [-0.4, -0.2) is 37.8 Å². The molecular formula is C16H21NO5. The highest BCUT2D eigenvalue weighted by Crippen LogP contribution is 2.25. The molecule has 0 bridgehead atoms. The van der Waals surface area contributed by atoms with Crippen molar-refractivity contribution in [1.82, 2.24) is 0 Å². The summed E-state index contributed by atoms with van der Waals surface area (Å²) >= 11 is 0. The van der Waals surface area contributed by atoms with Gasteiger partial charge in [-0.05, 0) is 44.4 Å². The minimum atomic E-state index is -0.901. The summed E-state index contributed by atoms with van der Waals surface area (Å²) in [5.41, 5.74) is 1.53. The molecule has 1 aromatic rings. The summed E-state index contributed by atoms with van der Waals surface area (Å²) in [6.07, 6.45) is 0.0189. The van der Waals surface area contributed by atoms with Crippen molar-refractivity contribution in [1.29, 1.82) is 0 Å². The molecule has 1 heterocycles. The average Bonchev–Trinajstić information content (AvgIpc) is 3.01. The number of hydrogen-bond donors (Lipinski definition) is 1. The number of esters is 1. The SMILES string of the molecule is COc1ccc(C)cc1NC(=O)[C@@H](C)OC(=O)[C@@H]1CCCO1. The van der Waals surface area contributed by atoms with Crippen LogP contribution in [0.15, 0.2) is 18.2 Å². The quantitative estimate of drug-likeness (QED) is 0.843. The van der Waals surface area contributed by atoms with E-state index in [1.807, 2.05) is 13.0 Å². The average molecular weight is 307 g/mol. The van der Waals surface area contributed by atoms with Gasteiger partial charge in [0.1, 0.15) is 5.75 Å². The van der Waals surface area contributed by atoms with Crippen LogP contribution in [0, 0.1) is 6.92 Å². The molecule has 1 aliphatic rings. The minimum absolute atomic E-state index is 0.407. The molecule has 6 heteroatoms. The number of benzene rings is 1. The lowest BCUT2D eigenvalue weighted by molar-refractivity contribution is -0.162. The molecule has 2 atom stereocenters. The Morgan fingerprint density at radius 2 is 2.18 bits per heavy atom. The van der Waals surface area contributed by atoms with E-state index in [0.717, 1.165) is 12.0 Å². The van der Waals surface area contributed by atoms with Crippen molar-refractivity contribution in [3.05, 3.63) is 23.8 Å². The molecule has 120 valence electrons. The highest BCUT2D eigenvalue weighted by molar-refractivity contribution is 5.96. The summed E-state index contributed by atoms with van der Waals surface area (Å²) in [5, 5.41) is 2.72. The first-order valence-electron chi connectivity index (χ1n) is 7.29. The van der Waals surface area contributed by atoms with Crippen molar-refractivity contribution in [2.75, 3.05) is 19.0 Å². The van der Waals surface area contributed by atoms with E-state index in [1.54, 1.807) is 12.1 Å². The van der Waals surface area contributed by atoms with Crippen molar-refractivity contribution < 1.29 is 23.8 Å². The van der Waals surface area contributed by atoms with Gasteiger partial charge in [0, 0.05) is 6.61 Å². The van der Waals surface area contributed by atoms with Crippen molar-refractivity contribution in [3.63, 3.8) is 0 Å². The summed E-state index contributed by atoms with van der Waals surface area (Å²) in [4.78, 5) is 24.0. The number of anilines is 1. The standard InChI is InChI=1S/C16H21NO5/c1-10-6-7-13(20-3)12(9-10)17-15(18)11(2)22-16(19)14-5-4-8-21-14/h6-7,9,11,14H,4-5,8H2,1-3H3,(H,17,18)/t11-,14+/m1/s1. The molecule has 1 amide bonds. The number of carbonyl (C=O) groups is 2. The van der Waals surface area contributed by atoms with E-state index in [0.29, 0.717) is 24.5 Å². The lowest BCUT2D eigenvalue weighted by atomic mass is 10.2. The molecule has 1 aliphatic heterocycles. The summed E-state index contributed by atoms with van der Waals surface area (Å²) < 4.78 is 15.6. The van der Waals surface area contributed by atoms with Crippen LogP contribution in [0.1, 0.15) is 25.3 Å². The van der Waals surface area contributed by atoms with Crippen LogP contribution >= 0.6 is 0 Å². The highest BCUT2D eigenvalue weighted by atomic mass is 16.6. The zero-order valence-corrected chi connectivity index (χ0v) is 13.0. The van der Waals surface area contributed by atoms with Crippen LogP contribution < -0.4 is 10.1 Å². The Balaban J connectivity index is 1.96. The molecule has 0 aromatic heterocycles. The summed E-state index contributed by atoms with van der Waals surface area (Å²) in [5.74, 6) is -0.344. The molecule has 1 N–H and O–H groups in total. The molecule has 0 radical (unpaired) electrons. The fourth-order valence-corrected chi connectivity index (χ4v) is 2.22. The van der Waals surface area contributed by atoms with E-state index >= 15 is 0 Å². The van der Waals surface area contributed by atoms with Gasteiger partial charge in [-0.2, -0.15) is 0 Å². The number of hydrogen-bond acceptors (Lipinski definition) is 5. The van der Waals surface area contributed by atoms with Crippen LogP contribution in [-0.2, 0) is 19.1 Å². The molecule has 1 fully saturated rings. The lowest BCUT2D eigenvalue weighted by Crippen LogP contribution is -2.34. The first-order chi connectivity index (χ1) is 10.5. The van der Waals surface area contributed by atoms with E-state index in [4.69, 9.17) is 14.2 Å². The predicted molar refractivity (Wildman–Crippen MR) is 80.9 cm³/mol. The van der Waals surface area contributed by atoms with E-state index < -0.39 is 24.1 Å². The molecule has 22 heavy (non-hydrogen) atoms. The minimum Gasteiger partial charge on any atom is -0.495 e. The molecule has 1 aromatic carbocycles. The Labute approximate surface area is 129 Å². The monoisotopic (exact) mass is 307 g/mol. The van der Waals surface area contributed by atoms with Gasteiger partial charge in [-0.15, -0.1) is 0 Å². The van der Waals surface area contributed by atoms with Gasteiger partial charge in [-0.3, -0.25) is 4.79 Å². The Morgan fingerprint density at radius 3 is 2.82 bits per heavy atom. The van der Waals surface area contributed by atoms with Gasteiger partial charge >= 0.3 is 5.97 Å². The van der Waals surface area contributed by atoms with Crippen LogP contribution in [0.25, 0.3) is 0 Å². The number of rotatable bonds is 5. The summed E-state index contributed by atoms with van der Waals surface area (Å²) in [6, 6.07) is 5.45. The van der Waals surface area contributed by atoms with E-state index in [9.17, 15) is 9.59 Å². The topological polar surface area (TPSA) is 73.9 Å². The fourth-order valence-electron chi connectivity index (χ4n) is 2.22. The summed E-state index contributed by atoms with van der Waals surface area (Å²) in [7, 11) is 1.53. The Hall–Kier alpha value is -2.08. The molecule has 0 spiro atoms. The number of ether oxygens (including phenoxy) is 3. The van der Waals surface area contributed by atoms with Crippen molar-refractivity contribution in [3.8, 4) is 5.75 Å². The van der Waals surface area contributed by atoms with E-state index in [2.05, 4.69) is 5.32 Å². The van der Waals surface area contributed by atoms with Crippen molar-refractivity contribution in [2.24, 2.45) is 0 Å². The van der Waals surface area contributed by atoms with Gasteiger partial charge in [-0.25, -0.2) is 4.79 Å². The second-order valence-electron chi connectivity index (χ2n) is 5.27. The third-order valence-electron chi connectivity index (χ3n) is 3.47.